The third-order valence-electron chi connectivity index (χ3n) is 3.45. The number of carbonyl (C=O) groups excluding carboxylic acids is 1. The van der Waals surface area contributed by atoms with Gasteiger partial charge in [-0.15, -0.1) is 0 Å². The van der Waals surface area contributed by atoms with E-state index in [1.165, 1.54) is 0 Å². The summed E-state index contributed by atoms with van der Waals surface area (Å²) in [5.74, 6) is 0.715. The second-order valence-corrected chi connectivity index (χ2v) is 5.42. The first-order valence-corrected chi connectivity index (χ1v) is 7.82. The molecule has 1 aromatic heterocycles. The standard InChI is InChI=1S/C19H15N3O4/c1-13-21-18(26-22-13)11-24-12-19(23)25-17-8-6-16(7-9-17)15-4-2-14(10-20)3-5-15/h2-9H,11-12H2,1H3. The molecule has 7 nitrogen and oxygen atoms in total. The van der Waals surface area contributed by atoms with Crippen LogP contribution in [-0.2, 0) is 16.1 Å². The SMILES string of the molecule is Cc1noc(COCC(=O)Oc2ccc(-c3ccc(C#N)cc3)cc2)n1. The Kier molecular flexibility index (Phi) is 5.37. The lowest BCUT2D eigenvalue weighted by Gasteiger charge is -2.06. The summed E-state index contributed by atoms with van der Waals surface area (Å²) in [6, 6.07) is 16.4. The molecule has 0 saturated heterocycles. The first-order valence-electron chi connectivity index (χ1n) is 7.82. The summed E-state index contributed by atoms with van der Waals surface area (Å²) in [4.78, 5) is 15.8. The fourth-order valence-electron chi connectivity index (χ4n) is 2.23. The van der Waals surface area contributed by atoms with E-state index >= 15 is 0 Å². The van der Waals surface area contributed by atoms with Gasteiger partial charge >= 0.3 is 5.97 Å². The van der Waals surface area contributed by atoms with E-state index in [9.17, 15) is 4.79 Å². The van der Waals surface area contributed by atoms with Gasteiger partial charge in [0, 0.05) is 0 Å². The van der Waals surface area contributed by atoms with Crippen LogP contribution in [0.1, 0.15) is 17.3 Å². The van der Waals surface area contributed by atoms with Crippen molar-refractivity contribution in [3.05, 3.63) is 65.8 Å². The van der Waals surface area contributed by atoms with Crippen LogP contribution in [0.3, 0.4) is 0 Å². The summed E-state index contributed by atoms with van der Waals surface area (Å²) in [6.07, 6.45) is 0. The van der Waals surface area contributed by atoms with Crippen LogP contribution in [0.25, 0.3) is 11.1 Å². The zero-order valence-electron chi connectivity index (χ0n) is 14.0. The van der Waals surface area contributed by atoms with Gasteiger partial charge in [0.15, 0.2) is 5.82 Å². The molecular weight excluding hydrogens is 334 g/mol. The first-order chi connectivity index (χ1) is 12.6. The molecule has 7 heteroatoms. The molecule has 0 aliphatic rings. The Balaban J connectivity index is 1.51. The van der Waals surface area contributed by atoms with Crippen molar-refractivity contribution in [1.82, 2.24) is 10.1 Å². The molecular formula is C19H15N3O4. The molecule has 0 aliphatic heterocycles. The molecule has 0 unspecified atom stereocenters. The Morgan fingerprint density at radius 3 is 2.35 bits per heavy atom. The summed E-state index contributed by atoms with van der Waals surface area (Å²) in [5.41, 5.74) is 2.53. The molecule has 1 heterocycles. The highest BCUT2D eigenvalue weighted by Gasteiger charge is 2.08. The van der Waals surface area contributed by atoms with Gasteiger partial charge in [0.2, 0.25) is 0 Å². The Labute approximate surface area is 149 Å². The average Bonchev–Trinajstić information content (AvgIpc) is 3.07. The molecule has 0 spiro atoms. The molecule has 3 rings (SSSR count). The van der Waals surface area contributed by atoms with Crippen molar-refractivity contribution in [1.29, 1.82) is 5.26 Å². The maximum Gasteiger partial charge on any atom is 0.337 e. The van der Waals surface area contributed by atoms with Crippen LogP contribution in [0.15, 0.2) is 53.1 Å². The lowest BCUT2D eigenvalue weighted by molar-refractivity contribution is -0.140. The van der Waals surface area contributed by atoms with Crippen LogP contribution >= 0.6 is 0 Å². The number of aromatic nitrogens is 2. The monoisotopic (exact) mass is 349 g/mol. The van der Waals surface area contributed by atoms with Gasteiger partial charge in [-0.25, -0.2) is 4.79 Å². The van der Waals surface area contributed by atoms with Crippen molar-refractivity contribution in [2.75, 3.05) is 6.61 Å². The zero-order valence-corrected chi connectivity index (χ0v) is 14.0. The van der Waals surface area contributed by atoms with E-state index in [1.807, 2.05) is 24.3 Å². The minimum atomic E-state index is -0.521. The largest absolute Gasteiger partial charge is 0.425 e. The lowest BCUT2D eigenvalue weighted by atomic mass is 10.0. The van der Waals surface area contributed by atoms with E-state index in [1.54, 1.807) is 31.2 Å². The highest BCUT2D eigenvalue weighted by Crippen LogP contribution is 2.22. The molecule has 130 valence electrons. The summed E-state index contributed by atoms with van der Waals surface area (Å²) in [6.45, 7) is 1.52. The van der Waals surface area contributed by atoms with Crippen molar-refractivity contribution in [2.45, 2.75) is 13.5 Å². The molecule has 0 amide bonds. The Morgan fingerprint density at radius 2 is 1.77 bits per heavy atom. The number of esters is 1. The highest BCUT2D eigenvalue weighted by atomic mass is 16.6. The van der Waals surface area contributed by atoms with Crippen molar-refractivity contribution >= 4 is 5.97 Å². The Bertz CT molecular complexity index is 925. The number of hydrogen-bond donors (Lipinski definition) is 0. The number of benzene rings is 2. The highest BCUT2D eigenvalue weighted by molar-refractivity contribution is 5.74. The van der Waals surface area contributed by atoms with Crippen molar-refractivity contribution in [3.63, 3.8) is 0 Å². The van der Waals surface area contributed by atoms with E-state index in [0.717, 1.165) is 11.1 Å². The van der Waals surface area contributed by atoms with E-state index in [2.05, 4.69) is 16.2 Å². The van der Waals surface area contributed by atoms with Gasteiger partial charge in [0.05, 0.1) is 11.6 Å². The molecule has 0 fully saturated rings. The van der Waals surface area contributed by atoms with Gasteiger partial charge < -0.3 is 14.0 Å². The minimum Gasteiger partial charge on any atom is -0.425 e. The van der Waals surface area contributed by atoms with Gasteiger partial charge in [0.1, 0.15) is 19.0 Å². The molecule has 0 aliphatic carbocycles. The first kappa shape index (κ1) is 17.3. The Hall–Kier alpha value is -3.50. The number of carbonyl (C=O) groups is 1. The van der Waals surface area contributed by atoms with Crippen LogP contribution in [0, 0.1) is 18.3 Å². The number of nitriles is 1. The number of nitrogens with zero attached hydrogens (tertiary/aromatic N) is 3. The average molecular weight is 349 g/mol. The van der Waals surface area contributed by atoms with E-state index in [4.69, 9.17) is 19.3 Å². The Morgan fingerprint density at radius 1 is 1.12 bits per heavy atom. The third-order valence-corrected chi connectivity index (χ3v) is 3.45. The summed E-state index contributed by atoms with van der Waals surface area (Å²) in [7, 11) is 0. The molecule has 3 aromatic rings. The van der Waals surface area contributed by atoms with Crippen LogP contribution in [0.2, 0.25) is 0 Å². The van der Waals surface area contributed by atoms with Crippen molar-refractivity contribution in [3.8, 4) is 22.9 Å². The number of ether oxygens (including phenoxy) is 2. The van der Waals surface area contributed by atoms with E-state index in [-0.39, 0.29) is 13.2 Å². The van der Waals surface area contributed by atoms with Crippen LogP contribution in [-0.4, -0.2) is 22.7 Å². The third kappa shape index (κ3) is 4.53. The molecule has 0 N–H and O–H groups in total. The molecule has 2 aromatic carbocycles. The molecule has 0 saturated carbocycles. The van der Waals surface area contributed by atoms with Crippen LogP contribution in [0.5, 0.6) is 5.75 Å². The summed E-state index contributed by atoms with van der Waals surface area (Å²) in [5, 5.41) is 12.5. The fourth-order valence-corrected chi connectivity index (χ4v) is 2.23. The number of aryl methyl sites for hydroxylation is 1. The number of rotatable bonds is 6. The normalized spacial score (nSPS) is 10.3. The maximum atomic E-state index is 11.8. The van der Waals surface area contributed by atoms with Crippen LogP contribution < -0.4 is 4.74 Å². The van der Waals surface area contributed by atoms with Gasteiger partial charge in [-0.1, -0.05) is 29.4 Å². The van der Waals surface area contributed by atoms with Gasteiger partial charge in [-0.3, -0.25) is 0 Å². The quantitative estimate of drug-likeness (QED) is 0.498. The topological polar surface area (TPSA) is 98.2 Å². The molecule has 26 heavy (non-hydrogen) atoms. The summed E-state index contributed by atoms with van der Waals surface area (Å²) < 4.78 is 15.3. The second kappa shape index (κ2) is 8.05. The van der Waals surface area contributed by atoms with Crippen molar-refractivity contribution in [2.24, 2.45) is 0 Å². The predicted molar refractivity (Wildman–Crippen MR) is 90.9 cm³/mol. The van der Waals surface area contributed by atoms with Crippen molar-refractivity contribution < 1.29 is 18.8 Å². The van der Waals surface area contributed by atoms with E-state index in [0.29, 0.717) is 23.0 Å². The van der Waals surface area contributed by atoms with E-state index < -0.39 is 5.97 Å². The smallest absolute Gasteiger partial charge is 0.337 e. The summed E-state index contributed by atoms with van der Waals surface area (Å²) >= 11 is 0. The zero-order chi connectivity index (χ0) is 18.4. The number of hydrogen-bond acceptors (Lipinski definition) is 7. The molecule has 0 atom stereocenters. The second-order valence-electron chi connectivity index (χ2n) is 5.42. The predicted octanol–water partition coefficient (Wildman–Crippen LogP) is 3.04. The minimum absolute atomic E-state index is 0.0492. The van der Waals surface area contributed by atoms with Gasteiger partial charge in [-0.2, -0.15) is 10.2 Å². The van der Waals surface area contributed by atoms with Gasteiger partial charge in [-0.05, 0) is 42.3 Å². The molecule has 0 bridgehead atoms. The maximum absolute atomic E-state index is 11.8. The van der Waals surface area contributed by atoms with Crippen LogP contribution in [0.4, 0.5) is 0 Å². The lowest BCUT2D eigenvalue weighted by Crippen LogP contribution is -2.15. The van der Waals surface area contributed by atoms with Gasteiger partial charge in [0.25, 0.3) is 5.89 Å². The fraction of sp³-hybridized carbons (Fsp3) is 0.158. The molecule has 0 radical (unpaired) electrons.